The van der Waals surface area contributed by atoms with Crippen LogP contribution >= 0.6 is 23.2 Å². The second kappa shape index (κ2) is 5.70. The van der Waals surface area contributed by atoms with Gasteiger partial charge in [-0.3, -0.25) is 0 Å². The lowest BCUT2D eigenvalue weighted by Crippen LogP contribution is -2.30. The molecular formula is C14H18Cl2N2O2S. The fraction of sp³-hybridized carbons (Fsp3) is 0.571. The Morgan fingerprint density at radius 2 is 1.81 bits per heavy atom. The van der Waals surface area contributed by atoms with Crippen molar-refractivity contribution in [2.24, 2.45) is 17.6 Å². The third kappa shape index (κ3) is 2.59. The summed E-state index contributed by atoms with van der Waals surface area (Å²) in [7, 11) is -3.57. The van der Waals surface area contributed by atoms with Gasteiger partial charge in [-0.25, -0.2) is 8.42 Å². The lowest BCUT2D eigenvalue weighted by molar-refractivity contribution is 0.445. The first-order chi connectivity index (χ1) is 9.95. The molecule has 1 aliphatic heterocycles. The van der Waals surface area contributed by atoms with Crippen molar-refractivity contribution in [2.75, 3.05) is 13.1 Å². The summed E-state index contributed by atoms with van der Waals surface area (Å²) in [6.45, 7) is 1.32. The molecule has 2 atom stereocenters. The van der Waals surface area contributed by atoms with E-state index in [0.29, 0.717) is 35.5 Å². The fourth-order valence-electron chi connectivity index (χ4n) is 3.49. The van der Waals surface area contributed by atoms with E-state index >= 15 is 0 Å². The Morgan fingerprint density at radius 1 is 1.19 bits per heavy atom. The molecule has 1 saturated heterocycles. The first kappa shape index (κ1) is 15.6. The number of hydrogen-bond acceptors (Lipinski definition) is 3. The molecule has 116 valence electrons. The van der Waals surface area contributed by atoms with Gasteiger partial charge in [-0.05, 0) is 36.8 Å². The minimum absolute atomic E-state index is 0.117. The van der Waals surface area contributed by atoms with Gasteiger partial charge in [0.2, 0.25) is 10.0 Å². The van der Waals surface area contributed by atoms with Gasteiger partial charge in [-0.1, -0.05) is 29.6 Å². The second-order valence-electron chi connectivity index (χ2n) is 5.82. The Morgan fingerprint density at radius 3 is 2.38 bits per heavy atom. The Labute approximate surface area is 135 Å². The van der Waals surface area contributed by atoms with Crippen LogP contribution in [0.5, 0.6) is 0 Å². The predicted molar refractivity (Wildman–Crippen MR) is 83.9 cm³/mol. The molecule has 2 fully saturated rings. The van der Waals surface area contributed by atoms with Gasteiger partial charge in [-0.15, -0.1) is 0 Å². The lowest BCUT2D eigenvalue weighted by Gasteiger charge is -2.19. The van der Waals surface area contributed by atoms with Crippen molar-refractivity contribution in [3.8, 4) is 0 Å². The molecule has 1 aromatic carbocycles. The molecule has 1 saturated carbocycles. The molecule has 2 N–H and O–H groups in total. The quantitative estimate of drug-likeness (QED) is 0.913. The number of rotatable bonds is 3. The molecule has 1 aromatic rings. The van der Waals surface area contributed by atoms with Crippen LogP contribution in [0.4, 0.5) is 0 Å². The first-order valence-electron chi connectivity index (χ1n) is 7.12. The molecule has 0 radical (unpaired) electrons. The molecule has 7 heteroatoms. The Kier molecular flexibility index (Phi) is 4.23. The zero-order chi connectivity index (χ0) is 15.2. The summed E-state index contributed by atoms with van der Waals surface area (Å²) >= 11 is 12.2. The van der Waals surface area contributed by atoms with Gasteiger partial charge in [0.15, 0.2) is 0 Å². The average molecular weight is 349 g/mol. The van der Waals surface area contributed by atoms with Crippen LogP contribution in [0.2, 0.25) is 10.0 Å². The van der Waals surface area contributed by atoms with Crippen LogP contribution in [0.1, 0.15) is 24.8 Å². The van der Waals surface area contributed by atoms with Gasteiger partial charge in [-0.2, -0.15) is 4.31 Å². The number of nitrogens with two attached hydrogens (primary N) is 1. The Hall–Kier alpha value is -0.330. The topological polar surface area (TPSA) is 63.4 Å². The lowest BCUT2D eigenvalue weighted by atomic mass is 10.0. The molecule has 0 amide bonds. The zero-order valence-electron chi connectivity index (χ0n) is 11.6. The molecule has 4 nitrogen and oxygen atoms in total. The van der Waals surface area contributed by atoms with E-state index in [0.717, 1.165) is 12.8 Å². The minimum Gasteiger partial charge on any atom is -0.326 e. The van der Waals surface area contributed by atoms with Crippen LogP contribution in [0.15, 0.2) is 17.0 Å². The van der Waals surface area contributed by atoms with Gasteiger partial charge in [0, 0.05) is 30.2 Å². The smallest absolute Gasteiger partial charge is 0.244 e. The number of sulfonamides is 1. The molecule has 0 aromatic heterocycles. The van der Waals surface area contributed by atoms with Crippen molar-refractivity contribution in [3.63, 3.8) is 0 Å². The fourth-order valence-corrected chi connectivity index (χ4v) is 5.95. The number of benzene rings is 1. The maximum Gasteiger partial charge on any atom is 0.244 e. The summed E-state index contributed by atoms with van der Waals surface area (Å²) in [5.74, 6) is 1.000. The van der Waals surface area contributed by atoms with E-state index < -0.39 is 10.0 Å². The van der Waals surface area contributed by atoms with E-state index in [2.05, 4.69) is 0 Å². The number of hydrogen-bond donors (Lipinski definition) is 1. The van der Waals surface area contributed by atoms with E-state index in [-0.39, 0.29) is 16.5 Å². The molecule has 21 heavy (non-hydrogen) atoms. The van der Waals surface area contributed by atoms with Gasteiger partial charge in [0.1, 0.15) is 4.90 Å². The standard InChI is InChI=1S/C14H18Cl2N2O2S/c15-12-4-5-13(14(16)11(12)6-17)21(19,20)18-7-9-2-1-3-10(9)8-18/h4-5,9-10H,1-3,6-8,17H2. The van der Waals surface area contributed by atoms with Crippen LogP contribution in [0.25, 0.3) is 0 Å². The van der Waals surface area contributed by atoms with E-state index in [1.54, 1.807) is 10.4 Å². The molecule has 2 unspecified atom stereocenters. The van der Waals surface area contributed by atoms with E-state index in [1.165, 1.54) is 12.5 Å². The van der Waals surface area contributed by atoms with Crippen molar-refractivity contribution in [1.29, 1.82) is 0 Å². The maximum atomic E-state index is 12.8. The summed E-state index contributed by atoms with van der Waals surface area (Å²) in [5.41, 5.74) is 6.10. The minimum atomic E-state index is -3.57. The Bertz CT molecular complexity index is 651. The third-order valence-electron chi connectivity index (χ3n) is 4.67. The predicted octanol–water partition coefficient (Wildman–Crippen LogP) is 2.87. The van der Waals surface area contributed by atoms with Crippen molar-refractivity contribution in [1.82, 2.24) is 4.31 Å². The second-order valence-corrected chi connectivity index (χ2v) is 8.51. The highest BCUT2D eigenvalue weighted by Crippen LogP contribution is 2.41. The van der Waals surface area contributed by atoms with Gasteiger partial charge < -0.3 is 5.73 Å². The summed E-state index contributed by atoms with van der Waals surface area (Å²) in [4.78, 5) is 0.119. The van der Waals surface area contributed by atoms with Crippen molar-refractivity contribution >= 4 is 33.2 Å². The monoisotopic (exact) mass is 348 g/mol. The number of nitrogens with zero attached hydrogens (tertiary/aromatic N) is 1. The van der Waals surface area contributed by atoms with Crippen LogP contribution in [0.3, 0.4) is 0 Å². The van der Waals surface area contributed by atoms with Crippen molar-refractivity contribution in [2.45, 2.75) is 30.7 Å². The van der Waals surface area contributed by atoms with Crippen molar-refractivity contribution < 1.29 is 8.42 Å². The summed E-state index contributed by atoms with van der Waals surface area (Å²) < 4.78 is 27.2. The summed E-state index contributed by atoms with van der Waals surface area (Å²) in [6.07, 6.45) is 3.46. The van der Waals surface area contributed by atoms with E-state index in [9.17, 15) is 8.42 Å². The molecular weight excluding hydrogens is 331 g/mol. The van der Waals surface area contributed by atoms with Gasteiger partial charge in [0.05, 0.1) is 5.02 Å². The van der Waals surface area contributed by atoms with E-state index in [4.69, 9.17) is 28.9 Å². The normalized spacial score (nSPS) is 26.2. The van der Waals surface area contributed by atoms with E-state index in [1.807, 2.05) is 0 Å². The zero-order valence-corrected chi connectivity index (χ0v) is 13.9. The average Bonchev–Trinajstić information content (AvgIpc) is 2.99. The van der Waals surface area contributed by atoms with Gasteiger partial charge in [0.25, 0.3) is 0 Å². The maximum absolute atomic E-state index is 12.8. The number of halogens is 2. The number of fused-ring (bicyclic) bond motifs is 1. The molecule has 2 aliphatic rings. The van der Waals surface area contributed by atoms with Gasteiger partial charge >= 0.3 is 0 Å². The summed E-state index contributed by atoms with van der Waals surface area (Å²) in [5, 5.41) is 0.557. The van der Waals surface area contributed by atoms with Crippen LogP contribution < -0.4 is 5.73 Å². The molecule has 0 spiro atoms. The highest BCUT2D eigenvalue weighted by Gasteiger charge is 2.42. The molecule has 1 heterocycles. The highest BCUT2D eigenvalue weighted by molar-refractivity contribution is 7.89. The highest BCUT2D eigenvalue weighted by atomic mass is 35.5. The van der Waals surface area contributed by atoms with Crippen molar-refractivity contribution in [3.05, 3.63) is 27.7 Å². The molecule has 0 bridgehead atoms. The van der Waals surface area contributed by atoms with Crippen LogP contribution in [-0.4, -0.2) is 25.8 Å². The Balaban J connectivity index is 1.96. The molecule has 1 aliphatic carbocycles. The first-order valence-corrected chi connectivity index (χ1v) is 9.32. The SMILES string of the molecule is NCc1c(Cl)ccc(S(=O)(=O)N2CC3CCCC3C2)c1Cl. The summed E-state index contributed by atoms with van der Waals surface area (Å²) in [6, 6.07) is 3.03. The largest absolute Gasteiger partial charge is 0.326 e. The third-order valence-corrected chi connectivity index (χ3v) is 7.44. The molecule has 3 rings (SSSR count). The van der Waals surface area contributed by atoms with Crippen LogP contribution in [0, 0.1) is 11.8 Å². The van der Waals surface area contributed by atoms with Crippen LogP contribution in [-0.2, 0) is 16.6 Å².